The van der Waals surface area contributed by atoms with E-state index < -0.39 is 0 Å². The van der Waals surface area contributed by atoms with Crippen LogP contribution in [0.5, 0.6) is 0 Å². The molecule has 0 N–H and O–H groups in total. The van der Waals surface area contributed by atoms with Gasteiger partial charge in [-0.2, -0.15) is 0 Å². The van der Waals surface area contributed by atoms with Gasteiger partial charge in [0.15, 0.2) is 5.78 Å². The maximum absolute atomic E-state index is 12.5. The number of carbonyl (C=O) groups excluding carboxylic acids is 1. The van der Waals surface area contributed by atoms with E-state index in [0.717, 1.165) is 22.4 Å². The molecule has 0 bridgehead atoms. The van der Waals surface area contributed by atoms with Crippen LogP contribution in [-0.4, -0.2) is 10.8 Å². The Morgan fingerprint density at radius 3 is 2.00 bits per heavy atom. The molecule has 0 radical (unpaired) electrons. The zero-order chi connectivity index (χ0) is 17.8. The van der Waals surface area contributed by atoms with E-state index in [-0.39, 0.29) is 26.8 Å². The molecule has 0 saturated heterocycles. The summed E-state index contributed by atoms with van der Waals surface area (Å²) in [5.74, 6) is 0.0363. The number of pyridine rings is 1. The fraction of sp³-hybridized carbons (Fsp3) is 0. The maximum Gasteiger partial charge on any atom is 0.193 e. The van der Waals surface area contributed by atoms with Crippen molar-refractivity contribution in [2.45, 2.75) is 0 Å². The van der Waals surface area contributed by atoms with Gasteiger partial charge in [0, 0.05) is 38.4 Å². The Hall–Kier alpha value is -2.83. The van der Waals surface area contributed by atoms with Crippen molar-refractivity contribution in [2.75, 3.05) is 0 Å². The van der Waals surface area contributed by atoms with Crippen molar-refractivity contribution in [2.24, 2.45) is 0 Å². The number of benzene rings is 3. The summed E-state index contributed by atoms with van der Waals surface area (Å²) in [5.41, 5.74) is 5.37. The van der Waals surface area contributed by atoms with Gasteiger partial charge in [0.1, 0.15) is 0 Å². The second-order valence-corrected chi connectivity index (χ2v) is 5.98. The minimum absolute atomic E-state index is 0. The molecule has 27 heavy (non-hydrogen) atoms. The van der Waals surface area contributed by atoms with E-state index in [9.17, 15) is 4.79 Å². The molecule has 0 aliphatic rings. The monoisotopic (exact) mass is 529 g/mol. The third-order valence-electron chi connectivity index (χ3n) is 4.27. The summed E-state index contributed by atoms with van der Waals surface area (Å²) in [6.45, 7) is 0. The largest absolute Gasteiger partial charge is 0.305 e. The van der Waals surface area contributed by atoms with Crippen molar-refractivity contribution in [1.82, 2.24) is 4.98 Å². The molecule has 134 valence electrons. The van der Waals surface area contributed by atoms with Crippen LogP contribution in [0.25, 0.3) is 22.4 Å². The number of hydrogen-bond acceptors (Lipinski definition) is 2. The molecular formula is C24H16NOPt-. The zero-order valence-electron chi connectivity index (χ0n) is 14.4. The molecule has 2 nitrogen and oxygen atoms in total. The van der Waals surface area contributed by atoms with E-state index >= 15 is 0 Å². The SMILES string of the molecule is O=C(c1ccccc1)c1ccc(-c2c[c-]c(-c3ccccn3)cc2)cc1.[Pt]. The summed E-state index contributed by atoms with van der Waals surface area (Å²) in [7, 11) is 0. The Labute approximate surface area is 173 Å². The average molecular weight is 529 g/mol. The van der Waals surface area contributed by atoms with Crippen molar-refractivity contribution < 1.29 is 25.9 Å². The van der Waals surface area contributed by atoms with E-state index in [0.29, 0.717) is 11.1 Å². The van der Waals surface area contributed by atoms with Crippen LogP contribution in [0.1, 0.15) is 15.9 Å². The summed E-state index contributed by atoms with van der Waals surface area (Å²) in [4.78, 5) is 16.8. The van der Waals surface area contributed by atoms with E-state index in [4.69, 9.17) is 0 Å². The summed E-state index contributed by atoms with van der Waals surface area (Å²) in [6.07, 6.45) is 1.78. The molecule has 0 aliphatic heterocycles. The Morgan fingerprint density at radius 1 is 0.704 bits per heavy atom. The van der Waals surface area contributed by atoms with Gasteiger partial charge in [-0.3, -0.25) is 4.79 Å². The molecule has 3 aromatic carbocycles. The van der Waals surface area contributed by atoms with Crippen molar-refractivity contribution >= 4 is 5.78 Å². The predicted molar refractivity (Wildman–Crippen MR) is 104 cm³/mol. The summed E-state index contributed by atoms with van der Waals surface area (Å²) >= 11 is 0. The number of carbonyl (C=O) groups is 1. The molecule has 4 aromatic rings. The minimum atomic E-state index is 0. The number of rotatable bonds is 4. The minimum Gasteiger partial charge on any atom is -0.305 e. The predicted octanol–water partition coefficient (Wildman–Crippen LogP) is 5.44. The second-order valence-electron chi connectivity index (χ2n) is 5.98. The van der Waals surface area contributed by atoms with Crippen LogP contribution in [0.15, 0.2) is 97.2 Å². The molecule has 4 rings (SSSR count). The summed E-state index contributed by atoms with van der Waals surface area (Å²) in [5, 5.41) is 0. The van der Waals surface area contributed by atoms with Crippen molar-refractivity contribution in [3.05, 3.63) is 114 Å². The Morgan fingerprint density at radius 2 is 1.37 bits per heavy atom. The molecular weight excluding hydrogens is 513 g/mol. The Balaban J connectivity index is 0.00000210. The van der Waals surface area contributed by atoms with E-state index in [2.05, 4.69) is 17.1 Å². The fourth-order valence-corrected chi connectivity index (χ4v) is 2.86. The first-order chi connectivity index (χ1) is 12.8. The Bertz CT molecular complexity index is 1010. The fourth-order valence-electron chi connectivity index (χ4n) is 2.86. The van der Waals surface area contributed by atoms with Crippen LogP contribution in [0, 0.1) is 6.07 Å². The van der Waals surface area contributed by atoms with Crippen LogP contribution in [0.2, 0.25) is 0 Å². The maximum atomic E-state index is 12.5. The second kappa shape index (κ2) is 8.70. The molecule has 1 heterocycles. The molecule has 3 heteroatoms. The molecule has 0 amide bonds. The third kappa shape index (κ3) is 4.29. The van der Waals surface area contributed by atoms with Gasteiger partial charge in [-0.25, -0.2) is 0 Å². The number of aromatic nitrogens is 1. The normalized spacial score (nSPS) is 10.1. The topological polar surface area (TPSA) is 30.0 Å². The Kier molecular flexibility index (Phi) is 6.11. The first kappa shape index (κ1) is 18.9. The zero-order valence-corrected chi connectivity index (χ0v) is 16.7. The van der Waals surface area contributed by atoms with Crippen molar-refractivity contribution in [3.63, 3.8) is 0 Å². The van der Waals surface area contributed by atoms with E-state index in [1.807, 2.05) is 84.9 Å². The van der Waals surface area contributed by atoms with Crippen LogP contribution >= 0.6 is 0 Å². The van der Waals surface area contributed by atoms with Gasteiger partial charge in [0.05, 0.1) is 0 Å². The molecule has 0 fully saturated rings. The quantitative estimate of drug-likeness (QED) is 0.260. The van der Waals surface area contributed by atoms with Crippen LogP contribution in [0.4, 0.5) is 0 Å². The van der Waals surface area contributed by atoms with Gasteiger partial charge in [-0.15, -0.1) is 29.8 Å². The first-order valence-electron chi connectivity index (χ1n) is 8.44. The third-order valence-corrected chi connectivity index (χ3v) is 4.27. The van der Waals surface area contributed by atoms with Gasteiger partial charge >= 0.3 is 0 Å². The number of hydrogen-bond donors (Lipinski definition) is 0. The first-order valence-corrected chi connectivity index (χ1v) is 8.44. The van der Waals surface area contributed by atoms with Crippen LogP contribution in [0.3, 0.4) is 0 Å². The standard InChI is InChI=1S/C24H16NO.Pt/c26-24(21-6-2-1-3-7-21)22-15-11-19(12-16-22)18-9-13-20(14-10-18)23-8-4-5-17-25-23;/h1-13,15-17H;/q-1;. The molecule has 0 aliphatic carbocycles. The summed E-state index contributed by atoms with van der Waals surface area (Å²) in [6, 6.07) is 32.2. The van der Waals surface area contributed by atoms with Crippen LogP contribution < -0.4 is 0 Å². The van der Waals surface area contributed by atoms with Crippen molar-refractivity contribution in [3.8, 4) is 22.4 Å². The molecule has 0 unspecified atom stereocenters. The molecule has 1 aromatic heterocycles. The van der Waals surface area contributed by atoms with E-state index in [1.54, 1.807) is 6.20 Å². The van der Waals surface area contributed by atoms with Crippen LogP contribution in [-0.2, 0) is 21.1 Å². The van der Waals surface area contributed by atoms with Gasteiger partial charge in [-0.05, 0) is 11.8 Å². The van der Waals surface area contributed by atoms with E-state index in [1.165, 1.54) is 0 Å². The molecule has 0 spiro atoms. The number of ketones is 1. The smallest absolute Gasteiger partial charge is 0.193 e. The van der Waals surface area contributed by atoms with Gasteiger partial charge in [0.25, 0.3) is 0 Å². The average Bonchev–Trinajstić information content (AvgIpc) is 2.75. The van der Waals surface area contributed by atoms with Gasteiger partial charge < -0.3 is 4.98 Å². The summed E-state index contributed by atoms with van der Waals surface area (Å²) < 4.78 is 0. The molecule has 0 saturated carbocycles. The van der Waals surface area contributed by atoms with Gasteiger partial charge in [0.2, 0.25) is 0 Å². The molecule has 0 atom stereocenters. The van der Waals surface area contributed by atoms with Crippen molar-refractivity contribution in [1.29, 1.82) is 0 Å². The number of nitrogens with zero attached hydrogens (tertiary/aromatic N) is 1. The van der Waals surface area contributed by atoms with Gasteiger partial charge in [-0.1, -0.05) is 77.9 Å².